The summed E-state index contributed by atoms with van der Waals surface area (Å²) in [5, 5.41) is 5.40. The maximum Gasteiger partial charge on any atom is 0.336 e. The zero-order valence-electron chi connectivity index (χ0n) is 16.2. The molecule has 0 radical (unpaired) electrons. The number of nitrogens with zero attached hydrogens (tertiary/aromatic N) is 1. The van der Waals surface area contributed by atoms with Crippen molar-refractivity contribution in [1.82, 2.24) is 10.2 Å². The van der Waals surface area contributed by atoms with E-state index in [-0.39, 0.29) is 12.5 Å². The number of urea groups is 1. The van der Waals surface area contributed by atoms with Gasteiger partial charge in [0.2, 0.25) is 0 Å². The van der Waals surface area contributed by atoms with Gasteiger partial charge < -0.3 is 9.73 Å². The molecule has 0 bridgehead atoms. The molecule has 3 aromatic carbocycles. The predicted octanol–water partition coefficient (Wildman–Crippen LogP) is 3.91. The van der Waals surface area contributed by atoms with E-state index in [0.717, 1.165) is 21.1 Å². The number of carbonyl (C=O) groups excluding carboxylic acids is 2. The number of hydrogen-bond acceptors (Lipinski definition) is 4. The summed E-state index contributed by atoms with van der Waals surface area (Å²) in [6, 6.07) is 21.3. The Morgan fingerprint density at radius 1 is 0.933 bits per heavy atom. The average Bonchev–Trinajstić information content (AvgIpc) is 2.98. The van der Waals surface area contributed by atoms with Crippen molar-refractivity contribution in [3.63, 3.8) is 0 Å². The van der Waals surface area contributed by atoms with Crippen LogP contribution in [0, 0.1) is 0 Å². The molecule has 1 N–H and O–H groups in total. The van der Waals surface area contributed by atoms with Crippen LogP contribution in [0.4, 0.5) is 4.79 Å². The first-order chi connectivity index (χ1) is 14.5. The van der Waals surface area contributed by atoms with Crippen molar-refractivity contribution in [2.75, 3.05) is 0 Å². The highest BCUT2D eigenvalue weighted by molar-refractivity contribution is 6.09. The molecule has 4 aromatic rings. The zero-order chi connectivity index (χ0) is 20.9. The summed E-state index contributed by atoms with van der Waals surface area (Å²) in [5.41, 5.74) is 0.0164. The maximum absolute atomic E-state index is 13.3. The van der Waals surface area contributed by atoms with E-state index < -0.39 is 17.2 Å². The Bertz CT molecular complexity index is 1380. The molecular formula is C24H18N2O4. The lowest BCUT2D eigenvalue weighted by Crippen LogP contribution is -2.40. The Balaban J connectivity index is 1.63. The Hall–Kier alpha value is -3.93. The smallest absolute Gasteiger partial charge is 0.336 e. The van der Waals surface area contributed by atoms with E-state index in [4.69, 9.17) is 4.42 Å². The minimum Gasteiger partial charge on any atom is -0.423 e. The van der Waals surface area contributed by atoms with Crippen LogP contribution < -0.4 is 10.9 Å². The summed E-state index contributed by atoms with van der Waals surface area (Å²) >= 11 is 0. The molecule has 30 heavy (non-hydrogen) atoms. The van der Waals surface area contributed by atoms with E-state index in [1.54, 1.807) is 13.0 Å². The first-order valence-electron chi connectivity index (χ1n) is 9.61. The second-order valence-corrected chi connectivity index (χ2v) is 7.56. The fraction of sp³-hybridized carbons (Fsp3) is 0.125. The molecule has 1 fully saturated rings. The zero-order valence-corrected chi connectivity index (χ0v) is 16.2. The van der Waals surface area contributed by atoms with Crippen LogP contribution in [0.25, 0.3) is 21.7 Å². The van der Waals surface area contributed by atoms with Crippen LogP contribution in [-0.4, -0.2) is 16.8 Å². The molecule has 0 aliphatic carbocycles. The summed E-state index contributed by atoms with van der Waals surface area (Å²) in [6.45, 7) is 1.67. The summed E-state index contributed by atoms with van der Waals surface area (Å²) in [4.78, 5) is 39.3. The monoisotopic (exact) mass is 398 g/mol. The minimum absolute atomic E-state index is 0.0246. The van der Waals surface area contributed by atoms with Crippen LogP contribution in [-0.2, 0) is 16.9 Å². The van der Waals surface area contributed by atoms with E-state index in [0.29, 0.717) is 16.7 Å². The van der Waals surface area contributed by atoms with Crippen molar-refractivity contribution in [2.45, 2.75) is 19.0 Å². The number of hydrogen-bond donors (Lipinski definition) is 1. The second-order valence-electron chi connectivity index (χ2n) is 7.56. The van der Waals surface area contributed by atoms with Gasteiger partial charge in [-0.25, -0.2) is 9.59 Å². The lowest BCUT2D eigenvalue weighted by molar-refractivity contribution is -0.131. The van der Waals surface area contributed by atoms with E-state index in [2.05, 4.69) is 5.32 Å². The largest absolute Gasteiger partial charge is 0.423 e. The van der Waals surface area contributed by atoms with Gasteiger partial charge in [-0.05, 0) is 34.9 Å². The lowest BCUT2D eigenvalue weighted by atomic mass is 9.92. The number of benzene rings is 3. The average molecular weight is 398 g/mol. The molecule has 6 nitrogen and oxygen atoms in total. The molecule has 0 saturated carbocycles. The summed E-state index contributed by atoms with van der Waals surface area (Å²) in [6.07, 6.45) is 0. The maximum atomic E-state index is 13.3. The van der Waals surface area contributed by atoms with Gasteiger partial charge in [0, 0.05) is 11.5 Å². The van der Waals surface area contributed by atoms with Gasteiger partial charge in [-0.1, -0.05) is 60.7 Å². The Kier molecular flexibility index (Phi) is 3.96. The Labute approximate surface area is 171 Å². The van der Waals surface area contributed by atoms with Crippen molar-refractivity contribution in [1.29, 1.82) is 0 Å². The molecule has 1 aromatic heterocycles. The second kappa shape index (κ2) is 6.56. The molecule has 0 spiro atoms. The van der Waals surface area contributed by atoms with Gasteiger partial charge in [-0.3, -0.25) is 9.69 Å². The molecule has 5 rings (SSSR count). The fourth-order valence-corrected chi connectivity index (χ4v) is 4.12. The van der Waals surface area contributed by atoms with Gasteiger partial charge in [-0.2, -0.15) is 0 Å². The van der Waals surface area contributed by atoms with Crippen LogP contribution in [0.3, 0.4) is 0 Å². The molecule has 6 heteroatoms. The van der Waals surface area contributed by atoms with Crippen LogP contribution in [0.1, 0.15) is 18.1 Å². The molecule has 2 heterocycles. The molecular weight excluding hydrogens is 380 g/mol. The molecule has 1 saturated heterocycles. The van der Waals surface area contributed by atoms with Crippen molar-refractivity contribution >= 4 is 33.7 Å². The van der Waals surface area contributed by atoms with Crippen molar-refractivity contribution in [2.24, 2.45) is 0 Å². The van der Waals surface area contributed by atoms with Gasteiger partial charge in [0.15, 0.2) is 0 Å². The Morgan fingerprint density at radius 2 is 1.67 bits per heavy atom. The highest BCUT2D eigenvalue weighted by atomic mass is 16.4. The summed E-state index contributed by atoms with van der Waals surface area (Å²) in [5.74, 6) is -0.361. The molecule has 148 valence electrons. The minimum atomic E-state index is -1.16. The number of carbonyl (C=O) groups is 2. The lowest BCUT2D eigenvalue weighted by Gasteiger charge is -2.22. The van der Waals surface area contributed by atoms with E-state index in [1.807, 2.05) is 60.7 Å². The third kappa shape index (κ3) is 2.69. The number of imide groups is 1. The summed E-state index contributed by atoms with van der Waals surface area (Å²) in [7, 11) is 0. The van der Waals surface area contributed by atoms with E-state index >= 15 is 0 Å². The molecule has 1 aliphatic heterocycles. The van der Waals surface area contributed by atoms with Crippen molar-refractivity contribution < 1.29 is 14.0 Å². The van der Waals surface area contributed by atoms with Crippen molar-refractivity contribution in [3.8, 4) is 0 Å². The standard InChI is InChI=1S/C24H18N2O4/c1-24(17-8-3-2-4-9-17)22(28)26(23(29)25-24)14-16-13-20(27)30-19-12-11-15-7-5-6-10-18(15)21(16)19/h2-13H,14H2,1H3,(H,25,29). The van der Waals surface area contributed by atoms with Crippen LogP contribution in [0.15, 0.2) is 82.0 Å². The summed E-state index contributed by atoms with van der Waals surface area (Å²) < 4.78 is 5.38. The highest BCUT2D eigenvalue weighted by Gasteiger charge is 2.48. The van der Waals surface area contributed by atoms with Gasteiger partial charge in [-0.15, -0.1) is 0 Å². The normalized spacial score (nSPS) is 18.9. The predicted molar refractivity (Wildman–Crippen MR) is 113 cm³/mol. The van der Waals surface area contributed by atoms with Crippen LogP contribution >= 0.6 is 0 Å². The third-order valence-corrected chi connectivity index (χ3v) is 5.67. The Morgan fingerprint density at radius 3 is 2.47 bits per heavy atom. The first kappa shape index (κ1) is 18.1. The fourth-order valence-electron chi connectivity index (χ4n) is 4.12. The van der Waals surface area contributed by atoms with Gasteiger partial charge >= 0.3 is 11.7 Å². The van der Waals surface area contributed by atoms with Gasteiger partial charge in [0.1, 0.15) is 11.1 Å². The van der Waals surface area contributed by atoms with E-state index in [1.165, 1.54) is 6.07 Å². The SMILES string of the molecule is CC1(c2ccccc2)NC(=O)N(Cc2cc(=O)oc3ccc4ccccc4c23)C1=O. The van der Waals surface area contributed by atoms with Crippen molar-refractivity contribution in [3.05, 3.63) is 94.3 Å². The van der Waals surface area contributed by atoms with Gasteiger partial charge in [0.25, 0.3) is 5.91 Å². The molecule has 1 atom stereocenters. The van der Waals surface area contributed by atoms with Gasteiger partial charge in [0.05, 0.1) is 6.54 Å². The van der Waals surface area contributed by atoms with E-state index in [9.17, 15) is 14.4 Å². The van der Waals surface area contributed by atoms with Crippen LogP contribution in [0.2, 0.25) is 0 Å². The molecule has 1 unspecified atom stereocenters. The number of fused-ring (bicyclic) bond motifs is 3. The molecule has 3 amide bonds. The molecule has 1 aliphatic rings. The highest BCUT2D eigenvalue weighted by Crippen LogP contribution is 2.32. The third-order valence-electron chi connectivity index (χ3n) is 5.67. The number of amides is 3. The number of nitrogens with one attached hydrogen (secondary N) is 1. The number of rotatable bonds is 3. The van der Waals surface area contributed by atoms with Crippen LogP contribution in [0.5, 0.6) is 0 Å². The first-order valence-corrected chi connectivity index (χ1v) is 9.61. The quantitative estimate of drug-likeness (QED) is 0.322. The topological polar surface area (TPSA) is 79.6 Å².